The number of fused-ring (bicyclic) bond motifs is 1. The summed E-state index contributed by atoms with van der Waals surface area (Å²) >= 11 is 0. The van der Waals surface area contributed by atoms with Crippen LogP contribution < -0.4 is 25.2 Å². The largest absolute Gasteiger partial charge is 0.476 e. The highest BCUT2D eigenvalue weighted by Gasteiger charge is 2.43. The van der Waals surface area contributed by atoms with Gasteiger partial charge < -0.3 is 39.4 Å². The third-order valence-corrected chi connectivity index (χ3v) is 9.45. The summed E-state index contributed by atoms with van der Waals surface area (Å²) in [5.74, 6) is 0.280. The number of anilines is 2. The summed E-state index contributed by atoms with van der Waals surface area (Å²) in [6, 6.07) is 5.78. The molecule has 1 saturated carbocycles. The molecule has 5 rings (SSSR count). The summed E-state index contributed by atoms with van der Waals surface area (Å²) in [7, 11) is 0. The SMILES string of the molecule is CCOCC(CC(C)C)NC(=O)C1CNCC(C(=O)N(c2ccc3c(c2)N(CCCOC2CCCCO2)C(=O)C(C)(C)O3)C2CC2)C1. The van der Waals surface area contributed by atoms with E-state index in [9.17, 15) is 14.4 Å². The predicted molar refractivity (Wildman–Crippen MR) is 181 cm³/mol. The number of hydrogen-bond acceptors (Lipinski definition) is 8. The molecule has 11 heteroatoms. The quantitative estimate of drug-likeness (QED) is 0.267. The molecule has 3 aliphatic heterocycles. The lowest BCUT2D eigenvalue weighted by atomic mass is 9.88. The van der Waals surface area contributed by atoms with Gasteiger partial charge in [-0.15, -0.1) is 0 Å². The molecular weight excluding hydrogens is 600 g/mol. The summed E-state index contributed by atoms with van der Waals surface area (Å²) in [6.45, 7) is 13.7. The number of hydrogen-bond donors (Lipinski definition) is 2. The lowest BCUT2D eigenvalue weighted by Gasteiger charge is -2.40. The zero-order chi connectivity index (χ0) is 33.6. The van der Waals surface area contributed by atoms with Crippen LogP contribution in [0.5, 0.6) is 5.75 Å². The molecule has 1 aliphatic carbocycles. The molecule has 0 bridgehead atoms. The third kappa shape index (κ3) is 9.25. The Morgan fingerprint density at radius 3 is 2.64 bits per heavy atom. The Hall–Kier alpha value is -2.73. The average Bonchev–Trinajstić information content (AvgIpc) is 3.89. The van der Waals surface area contributed by atoms with Crippen LogP contribution in [0, 0.1) is 17.8 Å². The second kappa shape index (κ2) is 16.1. The molecule has 1 aromatic carbocycles. The van der Waals surface area contributed by atoms with Crippen LogP contribution in [0.1, 0.15) is 86.0 Å². The van der Waals surface area contributed by atoms with Crippen LogP contribution in [-0.2, 0) is 28.6 Å². The maximum Gasteiger partial charge on any atom is 0.270 e. The minimum Gasteiger partial charge on any atom is -0.476 e. The lowest BCUT2D eigenvalue weighted by Crippen LogP contribution is -2.53. The standard InChI is InChI=1S/C36H56N4O7/c1-6-44-23-27(18-24(2)3)38-33(41)25-19-26(22-37-21-25)34(42)40(28-11-12-28)29-13-14-31-30(20-29)39(35(43)36(4,5)47-31)15-9-17-46-32-10-7-8-16-45-32/h13-14,20,24-28,32,37H,6-12,15-19,21-23H2,1-5H3,(H,38,41). The van der Waals surface area contributed by atoms with E-state index in [2.05, 4.69) is 24.5 Å². The van der Waals surface area contributed by atoms with E-state index in [-0.39, 0.29) is 47.9 Å². The topological polar surface area (TPSA) is 119 Å². The Morgan fingerprint density at radius 2 is 1.94 bits per heavy atom. The van der Waals surface area contributed by atoms with Gasteiger partial charge in [-0.3, -0.25) is 14.4 Å². The molecule has 3 fully saturated rings. The highest BCUT2D eigenvalue weighted by molar-refractivity contribution is 6.04. The van der Waals surface area contributed by atoms with Crippen LogP contribution in [0.15, 0.2) is 18.2 Å². The fourth-order valence-corrected chi connectivity index (χ4v) is 6.90. The van der Waals surface area contributed by atoms with E-state index < -0.39 is 5.60 Å². The van der Waals surface area contributed by atoms with Crippen molar-refractivity contribution in [3.8, 4) is 5.75 Å². The van der Waals surface area contributed by atoms with Gasteiger partial charge in [-0.2, -0.15) is 0 Å². The van der Waals surface area contributed by atoms with Gasteiger partial charge in [0.15, 0.2) is 11.9 Å². The van der Waals surface area contributed by atoms with Gasteiger partial charge in [0.1, 0.15) is 5.75 Å². The molecule has 4 unspecified atom stereocenters. The summed E-state index contributed by atoms with van der Waals surface area (Å²) in [5, 5.41) is 6.56. The van der Waals surface area contributed by atoms with Crippen molar-refractivity contribution in [2.75, 3.05) is 55.9 Å². The van der Waals surface area contributed by atoms with Crippen LogP contribution in [0.25, 0.3) is 0 Å². The number of amides is 3. The van der Waals surface area contributed by atoms with E-state index in [1.54, 1.807) is 18.7 Å². The van der Waals surface area contributed by atoms with Crippen LogP contribution in [0.2, 0.25) is 0 Å². The minimum absolute atomic E-state index is 0.0151. The molecule has 2 saturated heterocycles. The van der Waals surface area contributed by atoms with Crippen LogP contribution in [-0.4, -0.2) is 87.8 Å². The molecular formula is C36H56N4O7. The third-order valence-electron chi connectivity index (χ3n) is 9.45. The molecule has 0 aromatic heterocycles. The van der Waals surface area contributed by atoms with Gasteiger partial charge in [-0.1, -0.05) is 13.8 Å². The van der Waals surface area contributed by atoms with Gasteiger partial charge in [0, 0.05) is 44.6 Å². The summed E-state index contributed by atoms with van der Waals surface area (Å²) in [5.41, 5.74) is 0.418. The first-order chi connectivity index (χ1) is 22.6. The maximum atomic E-state index is 14.2. The highest BCUT2D eigenvalue weighted by atomic mass is 16.7. The summed E-state index contributed by atoms with van der Waals surface area (Å²) in [6.07, 6.45) is 6.72. The molecule has 11 nitrogen and oxygen atoms in total. The van der Waals surface area contributed by atoms with Gasteiger partial charge in [0.05, 0.1) is 36.8 Å². The molecule has 2 N–H and O–H groups in total. The Morgan fingerprint density at radius 1 is 1.15 bits per heavy atom. The van der Waals surface area contributed by atoms with Crippen molar-refractivity contribution in [2.45, 2.75) is 110 Å². The maximum absolute atomic E-state index is 14.2. The van der Waals surface area contributed by atoms with E-state index in [0.717, 1.165) is 50.8 Å². The molecule has 47 heavy (non-hydrogen) atoms. The number of rotatable bonds is 15. The van der Waals surface area contributed by atoms with Gasteiger partial charge in [0.25, 0.3) is 5.91 Å². The first kappa shape index (κ1) is 35.6. The highest BCUT2D eigenvalue weighted by Crippen LogP contribution is 2.43. The minimum atomic E-state index is -1.01. The number of nitrogens with one attached hydrogen (secondary N) is 2. The number of benzene rings is 1. The summed E-state index contributed by atoms with van der Waals surface area (Å²) in [4.78, 5) is 44.9. The second-order valence-electron chi connectivity index (χ2n) is 14.5. The summed E-state index contributed by atoms with van der Waals surface area (Å²) < 4.78 is 23.4. The first-order valence-electron chi connectivity index (χ1n) is 17.9. The number of carbonyl (C=O) groups excluding carboxylic acids is 3. The van der Waals surface area contributed by atoms with Gasteiger partial charge in [-0.25, -0.2) is 0 Å². The van der Waals surface area contributed by atoms with Crippen molar-refractivity contribution in [2.24, 2.45) is 17.8 Å². The van der Waals surface area contributed by atoms with E-state index in [0.29, 0.717) is 69.7 Å². The number of ether oxygens (including phenoxy) is 4. The van der Waals surface area contributed by atoms with Crippen LogP contribution >= 0.6 is 0 Å². The van der Waals surface area contributed by atoms with Crippen molar-refractivity contribution in [1.82, 2.24) is 10.6 Å². The van der Waals surface area contributed by atoms with Crippen molar-refractivity contribution >= 4 is 29.1 Å². The molecule has 3 amide bonds. The molecule has 0 radical (unpaired) electrons. The van der Waals surface area contributed by atoms with Gasteiger partial charge >= 0.3 is 0 Å². The zero-order valence-corrected chi connectivity index (χ0v) is 29.1. The zero-order valence-electron chi connectivity index (χ0n) is 29.1. The van der Waals surface area contributed by atoms with Crippen LogP contribution in [0.4, 0.5) is 11.4 Å². The van der Waals surface area contributed by atoms with Crippen molar-refractivity contribution in [3.05, 3.63) is 18.2 Å². The Labute approximate surface area is 280 Å². The molecule has 0 spiro atoms. The fourth-order valence-electron chi connectivity index (χ4n) is 6.90. The first-order valence-corrected chi connectivity index (χ1v) is 17.9. The lowest BCUT2D eigenvalue weighted by molar-refractivity contribution is -0.162. The average molecular weight is 657 g/mol. The second-order valence-corrected chi connectivity index (χ2v) is 14.5. The van der Waals surface area contributed by atoms with Crippen molar-refractivity contribution < 1.29 is 33.3 Å². The smallest absolute Gasteiger partial charge is 0.270 e. The van der Waals surface area contributed by atoms with Gasteiger partial charge in [-0.05, 0) is 96.3 Å². The fraction of sp³-hybridized carbons (Fsp3) is 0.750. The predicted octanol–water partition coefficient (Wildman–Crippen LogP) is 4.41. The van der Waals surface area contributed by atoms with Crippen molar-refractivity contribution in [1.29, 1.82) is 0 Å². The number of piperidine rings is 1. The van der Waals surface area contributed by atoms with E-state index in [4.69, 9.17) is 18.9 Å². The number of carbonyl (C=O) groups is 3. The molecule has 1 aromatic rings. The molecule has 4 aliphatic rings. The Kier molecular flexibility index (Phi) is 12.2. The molecule has 262 valence electrons. The Bertz CT molecular complexity index is 1230. The number of nitrogens with zero attached hydrogens (tertiary/aromatic N) is 2. The van der Waals surface area contributed by atoms with Crippen LogP contribution in [0.3, 0.4) is 0 Å². The monoisotopic (exact) mass is 656 g/mol. The Balaban J connectivity index is 1.28. The van der Waals surface area contributed by atoms with Gasteiger partial charge in [0.2, 0.25) is 11.8 Å². The van der Waals surface area contributed by atoms with E-state index >= 15 is 0 Å². The normalized spacial score (nSPS) is 24.8. The van der Waals surface area contributed by atoms with Crippen molar-refractivity contribution in [3.63, 3.8) is 0 Å². The van der Waals surface area contributed by atoms with E-state index in [1.807, 2.05) is 30.0 Å². The molecule has 3 heterocycles. The van der Waals surface area contributed by atoms with E-state index in [1.165, 1.54) is 0 Å². The molecule has 4 atom stereocenters.